The van der Waals surface area contributed by atoms with Crippen molar-refractivity contribution in [1.29, 1.82) is 0 Å². The van der Waals surface area contributed by atoms with Crippen LogP contribution in [-0.4, -0.2) is 12.1 Å². The van der Waals surface area contributed by atoms with Gasteiger partial charge in [0.05, 0.1) is 11.6 Å². The summed E-state index contributed by atoms with van der Waals surface area (Å²) in [5.41, 5.74) is 0. The van der Waals surface area contributed by atoms with E-state index in [-0.39, 0.29) is 5.15 Å². The van der Waals surface area contributed by atoms with Crippen molar-refractivity contribution in [3.63, 3.8) is 0 Å². The zero-order valence-corrected chi connectivity index (χ0v) is 8.66. The molecular weight excluding hydrogens is 253 g/mol. The van der Waals surface area contributed by atoms with Crippen LogP contribution in [0.5, 0.6) is 5.75 Å². The molecule has 0 saturated heterocycles. The van der Waals surface area contributed by atoms with Crippen LogP contribution in [0.25, 0.3) is 0 Å². The van der Waals surface area contributed by atoms with Gasteiger partial charge in [0, 0.05) is 6.20 Å². The number of methoxy groups -OCH3 is 1. The van der Waals surface area contributed by atoms with Gasteiger partial charge in [-0.3, -0.25) is 0 Å². The van der Waals surface area contributed by atoms with Crippen molar-refractivity contribution < 1.29 is 4.74 Å². The van der Waals surface area contributed by atoms with Crippen molar-refractivity contribution in [2.75, 3.05) is 7.11 Å². The van der Waals surface area contributed by atoms with Gasteiger partial charge in [0.2, 0.25) is 0 Å². The lowest BCUT2D eigenvalue weighted by Crippen LogP contribution is -1.88. The van der Waals surface area contributed by atoms with Crippen LogP contribution in [0.15, 0.2) is 10.7 Å². The second kappa shape index (κ2) is 3.61. The van der Waals surface area contributed by atoms with Crippen LogP contribution < -0.4 is 4.74 Å². The number of ether oxygens (including phenoxy) is 1. The van der Waals surface area contributed by atoms with E-state index in [9.17, 15) is 0 Å². The Morgan fingerprint density at radius 1 is 1.55 bits per heavy atom. The van der Waals surface area contributed by atoms with E-state index in [1.54, 1.807) is 0 Å². The molecule has 0 atom stereocenters. The minimum absolute atomic E-state index is 0.265. The molecule has 0 aromatic carbocycles. The maximum absolute atomic E-state index is 5.80. The van der Waals surface area contributed by atoms with Crippen LogP contribution in [-0.2, 0) is 0 Å². The molecule has 2 nitrogen and oxygen atoms in total. The maximum atomic E-state index is 5.80. The van der Waals surface area contributed by atoms with E-state index in [4.69, 9.17) is 27.9 Å². The number of nitrogens with zero attached hydrogens (tertiary/aromatic N) is 1. The molecular formula is C6H4BrCl2NO. The molecule has 11 heavy (non-hydrogen) atoms. The highest BCUT2D eigenvalue weighted by atomic mass is 79.9. The molecule has 60 valence electrons. The highest BCUT2D eigenvalue weighted by Crippen LogP contribution is 2.35. The molecule has 0 aliphatic carbocycles. The normalized spacial score (nSPS) is 9.82. The van der Waals surface area contributed by atoms with Crippen molar-refractivity contribution >= 4 is 39.1 Å². The van der Waals surface area contributed by atoms with Crippen molar-refractivity contribution in [2.45, 2.75) is 0 Å². The number of rotatable bonds is 1. The summed E-state index contributed by atoms with van der Waals surface area (Å²) in [6.07, 6.45) is 1.52. The van der Waals surface area contributed by atoms with Crippen LogP contribution >= 0.6 is 39.1 Å². The molecule has 1 heterocycles. The summed E-state index contributed by atoms with van der Waals surface area (Å²) in [4.78, 5) is 3.82. The molecule has 1 rings (SSSR count). The van der Waals surface area contributed by atoms with E-state index in [2.05, 4.69) is 20.9 Å². The van der Waals surface area contributed by atoms with Crippen LogP contribution in [0.4, 0.5) is 0 Å². The third-order valence-electron chi connectivity index (χ3n) is 1.09. The Balaban J connectivity index is 3.29. The predicted molar refractivity (Wildman–Crippen MR) is 48.5 cm³/mol. The fourth-order valence-corrected chi connectivity index (χ4v) is 1.37. The fourth-order valence-electron chi connectivity index (χ4n) is 0.601. The topological polar surface area (TPSA) is 22.1 Å². The molecule has 1 aromatic heterocycles. The van der Waals surface area contributed by atoms with Gasteiger partial charge < -0.3 is 4.74 Å². The average Bonchev–Trinajstić information content (AvgIpc) is 1.99. The summed E-state index contributed by atoms with van der Waals surface area (Å²) in [6.45, 7) is 0. The van der Waals surface area contributed by atoms with Gasteiger partial charge in [-0.25, -0.2) is 4.98 Å². The first kappa shape index (κ1) is 9.10. The monoisotopic (exact) mass is 255 g/mol. The Hall–Kier alpha value is 0.01000. The van der Waals surface area contributed by atoms with Crippen LogP contribution in [0.3, 0.4) is 0 Å². The molecule has 0 bridgehead atoms. The van der Waals surface area contributed by atoms with E-state index < -0.39 is 0 Å². The second-order valence-electron chi connectivity index (χ2n) is 1.74. The summed E-state index contributed by atoms with van der Waals surface area (Å²) < 4.78 is 5.57. The Bertz CT molecular complexity index is 280. The quantitative estimate of drug-likeness (QED) is 0.721. The lowest BCUT2D eigenvalue weighted by Gasteiger charge is -2.04. The molecule has 5 heteroatoms. The second-order valence-corrected chi connectivity index (χ2v) is 3.33. The highest BCUT2D eigenvalue weighted by molar-refractivity contribution is 9.10. The third kappa shape index (κ3) is 1.78. The summed E-state index contributed by atoms with van der Waals surface area (Å²) in [5, 5.41) is 0.702. The third-order valence-corrected chi connectivity index (χ3v) is 2.57. The number of aromatic nitrogens is 1. The van der Waals surface area contributed by atoms with Gasteiger partial charge in [0.15, 0.2) is 10.9 Å². The van der Waals surface area contributed by atoms with Crippen LogP contribution in [0.2, 0.25) is 10.2 Å². The number of hydrogen-bond donors (Lipinski definition) is 0. The summed E-state index contributed by atoms with van der Waals surface area (Å²) in [5.74, 6) is 0.391. The van der Waals surface area contributed by atoms with Crippen molar-refractivity contribution in [1.82, 2.24) is 4.98 Å². The van der Waals surface area contributed by atoms with Crippen molar-refractivity contribution in [3.8, 4) is 5.75 Å². The summed E-state index contributed by atoms with van der Waals surface area (Å²) >= 11 is 14.7. The van der Waals surface area contributed by atoms with Crippen molar-refractivity contribution in [3.05, 3.63) is 20.8 Å². The van der Waals surface area contributed by atoms with Gasteiger partial charge in [-0.15, -0.1) is 0 Å². The minimum atomic E-state index is 0.265. The van der Waals surface area contributed by atoms with Gasteiger partial charge in [-0.1, -0.05) is 23.2 Å². The Morgan fingerprint density at radius 2 is 2.18 bits per heavy atom. The summed E-state index contributed by atoms with van der Waals surface area (Å²) in [6, 6.07) is 0. The van der Waals surface area contributed by atoms with Gasteiger partial charge in [0.25, 0.3) is 0 Å². The molecule has 0 fully saturated rings. The largest absolute Gasteiger partial charge is 0.492 e. The number of pyridine rings is 1. The lowest BCUT2D eigenvalue weighted by molar-refractivity contribution is 0.413. The molecule has 0 saturated carbocycles. The molecule has 0 aliphatic rings. The number of halogens is 3. The molecule has 1 aromatic rings. The van der Waals surface area contributed by atoms with Crippen LogP contribution in [0.1, 0.15) is 0 Å². The van der Waals surface area contributed by atoms with Crippen LogP contribution in [0, 0.1) is 0 Å². The average molecular weight is 257 g/mol. The van der Waals surface area contributed by atoms with E-state index >= 15 is 0 Å². The minimum Gasteiger partial charge on any atom is -0.492 e. The van der Waals surface area contributed by atoms with E-state index in [1.807, 2.05) is 0 Å². The molecule has 0 aliphatic heterocycles. The van der Waals surface area contributed by atoms with E-state index in [0.717, 1.165) is 0 Å². The van der Waals surface area contributed by atoms with Crippen molar-refractivity contribution in [2.24, 2.45) is 0 Å². The first-order chi connectivity index (χ1) is 5.16. The predicted octanol–water partition coefficient (Wildman–Crippen LogP) is 3.16. The molecule has 0 amide bonds. The van der Waals surface area contributed by atoms with E-state index in [0.29, 0.717) is 15.2 Å². The zero-order valence-electron chi connectivity index (χ0n) is 5.57. The summed E-state index contributed by atoms with van der Waals surface area (Å²) in [7, 11) is 1.49. The lowest BCUT2D eigenvalue weighted by atomic mass is 10.4. The highest BCUT2D eigenvalue weighted by Gasteiger charge is 2.09. The van der Waals surface area contributed by atoms with E-state index in [1.165, 1.54) is 13.3 Å². The smallest absolute Gasteiger partial charge is 0.175 e. The molecule has 0 unspecified atom stereocenters. The molecule has 0 N–H and O–H groups in total. The Morgan fingerprint density at radius 3 is 2.64 bits per heavy atom. The van der Waals surface area contributed by atoms with Gasteiger partial charge in [0.1, 0.15) is 5.02 Å². The number of hydrogen-bond acceptors (Lipinski definition) is 2. The van der Waals surface area contributed by atoms with Gasteiger partial charge in [-0.2, -0.15) is 0 Å². The van der Waals surface area contributed by atoms with Gasteiger partial charge in [-0.05, 0) is 15.9 Å². The first-order valence-corrected chi connectivity index (χ1v) is 4.25. The molecule has 0 spiro atoms. The van der Waals surface area contributed by atoms with Gasteiger partial charge >= 0.3 is 0 Å². The zero-order chi connectivity index (χ0) is 8.43. The Kier molecular flexibility index (Phi) is 2.98. The standard InChI is InChI=1S/C6H4BrCl2NO/c1-11-5-4(8)3(7)2-10-6(5)9/h2H,1H3. The Labute approximate surface area is 82.6 Å². The fraction of sp³-hybridized carbons (Fsp3) is 0.167. The maximum Gasteiger partial charge on any atom is 0.175 e. The SMILES string of the molecule is COc1c(Cl)ncc(Br)c1Cl. The first-order valence-electron chi connectivity index (χ1n) is 2.70. The molecule has 0 radical (unpaired) electrons.